The Bertz CT molecular complexity index is 213. The number of unbranched alkanes of at least 4 members (excludes halogenated alkanes) is 1. The lowest BCUT2D eigenvalue weighted by Crippen LogP contribution is -2.45. The summed E-state index contributed by atoms with van der Waals surface area (Å²) in [4.78, 5) is 14.1. The Morgan fingerprint density at radius 1 is 1.24 bits per heavy atom. The Labute approximate surface area is 104 Å². The van der Waals surface area contributed by atoms with Gasteiger partial charge in [-0.3, -0.25) is 4.79 Å². The number of hydrogen-bond acceptors (Lipinski definition) is 3. The number of aliphatic hydroxyl groups is 1. The third-order valence-corrected chi connectivity index (χ3v) is 3.32. The molecule has 1 heterocycles. The summed E-state index contributed by atoms with van der Waals surface area (Å²) in [7, 11) is 0. The Hall–Kier alpha value is -0.610. The molecule has 1 aliphatic heterocycles. The number of nitrogens with zero attached hydrogens (tertiary/aromatic N) is 1. The first kappa shape index (κ1) is 14.5. The molecule has 1 unspecified atom stereocenters. The lowest BCUT2D eigenvalue weighted by molar-refractivity contribution is -0.133. The van der Waals surface area contributed by atoms with Gasteiger partial charge in [0.25, 0.3) is 0 Å². The molecule has 1 atom stereocenters. The summed E-state index contributed by atoms with van der Waals surface area (Å²) in [5.74, 6) is 0.232. The monoisotopic (exact) mass is 242 g/mol. The maximum Gasteiger partial charge on any atom is 0.239 e. The van der Waals surface area contributed by atoms with Gasteiger partial charge in [-0.15, -0.1) is 0 Å². The van der Waals surface area contributed by atoms with Crippen molar-refractivity contribution >= 4 is 5.91 Å². The molecule has 1 amide bonds. The second-order valence-corrected chi connectivity index (χ2v) is 4.85. The molecular formula is C13H26N2O2. The van der Waals surface area contributed by atoms with Gasteiger partial charge < -0.3 is 15.3 Å². The second-order valence-electron chi connectivity index (χ2n) is 4.85. The third-order valence-electron chi connectivity index (χ3n) is 3.32. The van der Waals surface area contributed by atoms with Crippen LogP contribution in [0.3, 0.4) is 0 Å². The number of hydrogen-bond donors (Lipinski definition) is 2. The molecule has 0 aromatic carbocycles. The fourth-order valence-corrected chi connectivity index (χ4v) is 2.21. The van der Waals surface area contributed by atoms with Crippen LogP contribution in [-0.2, 0) is 4.79 Å². The average Bonchev–Trinajstić information content (AvgIpc) is 2.62. The molecule has 1 saturated heterocycles. The summed E-state index contributed by atoms with van der Waals surface area (Å²) in [5, 5.41) is 11.9. The van der Waals surface area contributed by atoms with Crippen LogP contribution >= 0.6 is 0 Å². The van der Waals surface area contributed by atoms with E-state index in [0.29, 0.717) is 0 Å². The van der Waals surface area contributed by atoms with E-state index in [1.54, 1.807) is 0 Å². The highest BCUT2D eigenvalue weighted by Crippen LogP contribution is 2.10. The summed E-state index contributed by atoms with van der Waals surface area (Å²) < 4.78 is 0. The number of rotatable bonds is 6. The predicted molar refractivity (Wildman–Crippen MR) is 68.8 cm³/mol. The zero-order valence-corrected chi connectivity index (χ0v) is 11.0. The minimum atomic E-state index is -0.0909. The van der Waals surface area contributed by atoms with Crippen molar-refractivity contribution in [1.82, 2.24) is 10.2 Å². The molecule has 0 aromatic rings. The minimum Gasteiger partial charge on any atom is -0.396 e. The standard InChI is InChI=1S/C13H26N2O2/c1-12(14-8-4-7-11-16)13(17)15-9-5-2-3-6-10-15/h12,14,16H,2-11H2,1H3. The van der Waals surface area contributed by atoms with E-state index in [4.69, 9.17) is 5.11 Å². The molecule has 0 bridgehead atoms. The van der Waals surface area contributed by atoms with Crippen molar-refractivity contribution in [2.24, 2.45) is 0 Å². The van der Waals surface area contributed by atoms with Gasteiger partial charge in [-0.25, -0.2) is 0 Å². The van der Waals surface area contributed by atoms with E-state index in [-0.39, 0.29) is 18.6 Å². The van der Waals surface area contributed by atoms with E-state index in [0.717, 1.165) is 45.3 Å². The quantitative estimate of drug-likeness (QED) is 0.687. The van der Waals surface area contributed by atoms with Crippen LogP contribution in [0.15, 0.2) is 0 Å². The first-order valence-electron chi connectivity index (χ1n) is 6.88. The maximum absolute atomic E-state index is 12.1. The number of likely N-dealkylation sites (tertiary alicyclic amines) is 1. The van der Waals surface area contributed by atoms with Crippen LogP contribution in [0.5, 0.6) is 0 Å². The van der Waals surface area contributed by atoms with Crippen LogP contribution in [0.2, 0.25) is 0 Å². The molecule has 4 heteroatoms. The first-order valence-corrected chi connectivity index (χ1v) is 6.88. The normalized spacial score (nSPS) is 18.8. The predicted octanol–water partition coefficient (Wildman–Crippen LogP) is 1.14. The van der Waals surface area contributed by atoms with Gasteiger partial charge in [0.1, 0.15) is 0 Å². The zero-order chi connectivity index (χ0) is 12.5. The van der Waals surface area contributed by atoms with Crippen molar-refractivity contribution in [2.45, 2.75) is 51.5 Å². The van der Waals surface area contributed by atoms with Gasteiger partial charge in [-0.1, -0.05) is 12.8 Å². The summed E-state index contributed by atoms with van der Waals surface area (Å²) in [6.45, 7) is 4.81. The minimum absolute atomic E-state index is 0.0909. The van der Waals surface area contributed by atoms with Gasteiger partial charge in [0.05, 0.1) is 6.04 Å². The SMILES string of the molecule is CC(NCCCCO)C(=O)N1CCCCCC1. The second kappa shape index (κ2) is 8.48. The van der Waals surface area contributed by atoms with Crippen molar-refractivity contribution < 1.29 is 9.90 Å². The Balaban J connectivity index is 2.24. The molecular weight excluding hydrogens is 216 g/mol. The van der Waals surface area contributed by atoms with Gasteiger partial charge in [0.15, 0.2) is 0 Å². The van der Waals surface area contributed by atoms with Crippen LogP contribution < -0.4 is 5.32 Å². The number of carbonyl (C=O) groups excluding carboxylic acids is 1. The number of carbonyl (C=O) groups is 1. The van der Waals surface area contributed by atoms with Crippen LogP contribution in [0.25, 0.3) is 0 Å². The number of amides is 1. The average molecular weight is 242 g/mol. The summed E-state index contributed by atoms with van der Waals surface area (Å²) in [6.07, 6.45) is 6.52. The van der Waals surface area contributed by atoms with Crippen LogP contribution in [0.1, 0.15) is 45.4 Å². The lowest BCUT2D eigenvalue weighted by atomic mass is 10.2. The molecule has 0 aromatic heterocycles. The van der Waals surface area contributed by atoms with E-state index >= 15 is 0 Å². The topological polar surface area (TPSA) is 52.6 Å². The number of nitrogens with one attached hydrogen (secondary N) is 1. The fourth-order valence-electron chi connectivity index (χ4n) is 2.21. The van der Waals surface area contributed by atoms with Gasteiger partial charge >= 0.3 is 0 Å². The highest BCUT2D eigenvalue weighted by atomic mass is 16.2. The molecule has 1 fully saturated rings. The van der Waals surface area contributed by atoms with Gasteiger partial charge in [0, 0.05) is 19.7 Å². The third kappa shape index (κ3) is 5.50. The van der Waals surface area contributed by atoms with Crippen LogP contribution in [-0.4, -0.2) is 48.2 Å². The van der Waals surface area contributed by atoms with Crippen LogP contribution in [0.4, 0.5) is 0 Å². The largest absolute Gasteiger partial charge is 0.396 e. The zero-order valence-electron chi connectivity index (χ0n) is 11.0. The summed E-state index contributed by atoms with van der Waals surface area (Å²) in [5.41, 5.74) is 0. The van der Waals surface area contributed by atoms with Crippen LogP contribution in [0, 0.1) is 0 Å². The molecule has 0 radical (unpaired) electrons. The van der Waals surface area contributed by atoms with Gasteiger partial charge in [0.2, 0.25) is 5.91 Å². The maximum atomic E-state index is 12.1. The molecule has 17 heavy (non-hydrogen) atoms. The molecule has 100 valence electrons. The molecule has 1 rings (SSSR count). The van der Waals surface area contributed by atoms with E-state index < -0.39 is 0 Å². The number of aliphatic hydroxyl groups excluding tert-OH is 1. The van der Waals surface area contributed by atoms with Crippen molar-refractivity contribution in [3.05, 3.63) is 0 Å². The fraction of sp³-hybridized carbons (Fsp3) is 0.923. The van der Waals surface area contributed by atoms with E-state index in [9.17, 15) is 4.79 Å². The molecule has 0 saturated carbocycles. The Morgan fingerprint density at radius 3 is 2.47 bits per heavy atom. The van der Waals surface area contributed by atoms with Crippen molar-refractivity contribution in [3.8, 4) is 0 Å². The van der Waals surface area contributed by atoms with Crippen molar-refractivity contribution in [2.75, 3.05) is 26.2 Å². The molecule has 0 spiro atoms. The van der Waals surface area contributed by atoms with Crippen molar-refractivity contribution in [1.29, 1.82) is 0 Å². The molecule has 0 aliphatic carbocycles. The van der Waals surface area contributed by atoms with Crippen molar-refractivity contribution in [3.63, 3.8) is 0 Å². The summed E-state index contributed by atoms with van der Waals surface area (Å²) in [6, 6.07) is -0.0909. The van der Waals surface area contributed by atoms with E-state index in [2.05, 4.69) is 5.32 Å². The Morgan fingerprint density at radius 2 is 1.88 bits per heavy atom. The smallest absolute Gasteiger partial charge is 0.239 e. The summed E-state index contributed by atoms with van der Waals surface area (Å²) >= 11 is 0. The van der Waals surface area contributed by atoms with Gasteiger partial charge in [-0.05, 0) is 39.2 Å². The van der Waals surface area contributed by atoms with Gasteiger partial charge in [-0.2, -0.15) is 0 Å². The van der Waals surface area contributed by atoms with E-state index in [1.807, 2.05) is 11.8 Å². The van der Waals surface area contributed by atoms with E-state index in [1.165, 1.54) is 12.8 Å². The highest BCUT2D eigenvalue weighted by molar-refractivity contribution is 5.81. The molecule has 4 nitrogen and oxygen atoms in total. The Kier molecular flexibility index (Phi) is 7.21. The highest BCUT2D eigenvalue weighted by Gasteiger charge is 2.20. The molecule has 1 aliphatic rings. The molecule has 2 N–H and O–H groups in total. The first-order chi connectivity index (χ1) is 8.25. The lowest BCUT2D eigenvalue weighted by Gasteiger charge is -2.24.